The number of halogens is 2. The van der Waals surface area contributed by atoms with Crippen LogP contribution in [-0.2, 0) is 6.61 Å². The summed E-state index contributed by atoms with van der Waals surface area (Å²) in [4.78, 5) is 14.2. The summed E-state index contributed by atoms with van der Waals surface area (Å²) in [6, 6.07) is 11.7. The lowest BCUT2D eigenvalue weighted by atomic mass is 10.0. The van der Waals surface area contributed by atoms with Crippen molar-refractivity contribution in [2.75, 3.05) is 11.9 Å². The van der Waals surface area contributed by atoms with Gasteiger partial charge in [-0.2, -0.15) is 5.10 Å². The normalized spacial score (nSPS) is 12.1. The summed E-state index contributed by atoms with van der Waals surface area (Å²) >= 11 is 5.81. The molecule has 5 nitrogen and oxygen atoms in total. The molecule has 0 atom stereocenters. The number of H-pyrrole nitrogens is 1. The average molecular weight is 358 g/mol. The zero-order chi connectivity index (χ0) is 17.6. The molecular formula is C18H13ClFN3O2. The molecule has 0 saturated carbocycles. The standard InChI is InChI=1S/C18H13ClFN3O2/c1-23(10-6-7-14(20)13(19)8-10)18(24)17-12-9-25-15-5-3-2-4-11(15)16(12)21-22-17/h2-8H,9H2,1H3,(H,21,22). The van der Waals surface area contributed by atoms with Crippen LogP contribution in [0.4, 0.5) is 10.1 Å². The number of nitrogens with zero attached hydrogens (tertiary/aromatic N) is 2. The number of fused-ring (bicyclic) bond motifs is 3. The highest BCUT2D eigenvalue weighted by Crippen LogP contribution is 2.37. The molecule has 1 aliphatic rings. The molecular weight excluding hydrogens is 345 g/mol. The number of ether oxygens (including phenoxy) is 1. The molecule has 0 radical (unpaired) electrons. The fourth-order valence-corrected chi connectivity index (χ4v) is 3.00. The average Bonchev–Trinajstić information content (AvgIpc) is 3.07. The third kappa shape index (κ3) is 2.55. The zero-order valence-electron chi connectivity index (χ0n) is 13.2. The summed E-state index contributed by atoms with van der Waals surface area (Å²) in [5, 5.41) is 7.05. The van der Waals surface area contributed by atoms with E-state index in [1.165, 1.54) is 23.1 Å². The van der Waals surface area contributed by atoms with Crippen LogP contribution in [-0.4, -0.2) is 23.2 Å². The van der Waals surface area contributed by atoms with Gasteiger partial charge in [0.05, 0.1) is 5.02 Å². The number of para-hydroxylation sites is 1. The van der Waals surface area contributed by atoms with E-state index in [2.05, 4.69) is 10.2 Å². The fourth-order valence-electron chi connectivity index (χ4n) is 2.82. The van der Waals surface area contributed by atoms with Crippen molar-refractivity contribution in [1.29, 1.82) is 0 Å². The minimum atomic E-state index is -0.532. The molecule has 4 rings (SSSR count). The van der Waals surface area contributed by atoms with Crippen molar-refractivity contribution >= 4 is 23.2 Å². The number of rotatable bonds is 2. The Morgan fingerprint density at radius 3 is 2.92 bits per heavy atom. The Labute approximate surface area is 148 Å². The molecule has 3 aromatic rings. The quantitative estimate of drug-likeness (QED) is 0.753. The minimum Gasteiger partial charge on any atom is -0.488 e. The predicted octanol–water partition coefficient (Wildman–Crippen LogP) is 4.04. The van der Waals surface area contributed by atoms with Crippen molar-refractivity contribution in [2.45, 2.75) is 6.61 Å². The molecule has 0 bridgehead atoms. The Bertz CT molecular complexity index is 986. The number of aromatic nitrogens is 2. The van der Waals surface area contributed by atoms with Gasteiger partial charge in [-0.15, -0.1) is 0 Å². The van der Waals surface area contributed by atoms with Crippen LogP contribution in [0.25, 0.3) is 11.3 Å². The molecule has 1 amide bonds. The van der Waals surface area contributed by atoms with Gasteiger partial charge in [-0.1, -0.05) is 23.7 Å². The lowest BCUT2D eigenvalue weighted by Gasteiger charge is -2.20. The number of nitrogens with one attached hydrogen (secondary N) is 1. The molecule has 25 heavy (non-hydrogen) atoms. The monoisotopic (exact) mass is 357 g/mol. The maximum atomic E-state index is 13.3. The first kappa shape index (κ1) is 15.7. The highest BCUT2D eigenvalue weighted by atomic mass is 35.5. The van der Waals surface area contributed by atoms with Crippen molar-refractivity contribution in [3.8, 4) is 17.0 Å². The minimum absolute atomic E-state index is 0.0407. The maximum absolute atomic E-state index is 13.3. The van der Waals surface area contributed by atoms with Crippen LogP contribution in [0.1, 0.15) is 16.1 Å². The summed E-state index contributed by atoms with van der Waals surface area (Å²) in [5.41, 5.74) is 3.07. The van der Waals surface area contributed by atoms with Crippen LogP contribution < -0.4 is 9.64 Å². The summed E-state index contributed by atoms with van der Waals surface area (Å²) in [7, 11) is 1.59. The molecule has 0 aliphatic carbocycles. The van der Waals surface area contributed by atoms with Gasteiger partial charge in [-0.3, -0.25) is 9.89 Å². The molecule has 1 aliphatic heterocycles. The van der Waals surface area contributed by atoms with E-state index in [1.807, 2.05) is 24.3 Å². The third-order valence-electron chi connectivity index (χ3n) is 4.19. The van der Waals surface area contributed by atoms with E-state index < -0.39 is 5.82 Å². The van der Waals surface area contributed by atoms with Crippen molar-refractivity contribution in [3.63, 3.8) is 0 Å². The van der Waals surface area contributed by atoms with Crippen LogP contribution in [0, 0.1) is 5.82 Å². The molecule has 0 fully saturated rings. The summed E-state index contributed by atoms with van der Waals surface area (Å²) < 4.78 is 19.1. The maximum Gasteiger partial charge on any atom is 0.276 e. The molecule has 1 aromatic heterocycles. The summed E-state index contributed by atoms with van der Waals surface area (Å²) in [6.45, 7) is 0.252. The van der Waals surface area contributed by atoms with Crippen LogP contribution in [0.3, 0.4) is 0 Å². The summed E-state index contributed by atoms with van der Waals surface area (Å²) in [5.74, 6) is -0.103. The van der Waals surface area contributed by atoms with Crippen molar-refractivity contribution in [1.82, 2.24) is 10.2 Å². The number of carbonyl (C=O) groups excluding carboxylic acids is 1. The fraction of sp³-hybridized carbons (Fsp3) is 0.111. The molecule has 1 N–H and O–H groups in total. The van der Waals surface area contributed by atoms with Crippen LogP contribution in [0.5, 0.6) is 5.75 Å². The van der Waals surface area contributed by atoms with Crippen molar-refractivity contribution in [2.24, 2.45) is 0 Å². The molecule has 2 heterocycles. The first-order chi connectivity index (χ1) is 12.1. The number of hydrogen-bond acceptors (Lipinski definition) is 3. The zero-order valence-corrected chi connectivity index (χ0v) is 14.0. The molecule has 7 heteroatoms. The molecule has 0 spiro atoms. The van der Waals surface area contributed by atoms with Gasteiger partial charge in [-0.25, -0.2) is 4.39 Å². The molecule has 0 unspecified atom stereocenters. The van der Waals surface area contributed by atoms with Crippen LogP contribution >= 0.6 is 11.6 Å². The lowest BCUT2D eigenvalue weighted by molar-refractivity contribution is 0.0985. The van der Waals surface area contributed by atoms with Gasteiger partial charge >= 0.3 is 0 Å². The van der Waals surface area contributed by atoms with E-state index >= 15 is 0 Å². The Balaban J connectivity index is 1.71. The van der Waals surface area contributed by atoms with Gasteiger partial charge in [0.25, 0.3) is 5.91 Å². The van der Waals surface area contributed by atoms with Gasteiger partial charge < -0.3 is 9.64 Å². The van der Waals surface area contributed by atoms with E-state index in [9.17, 15) is 9.18 Å². The first-order valence-electron chi connectivity index (χ1n) is 7.59. The predicted molar refractivity (Wildman–Crippen MR) is 92.5 cm³/mol. The van der Waals surface area contributed by atoms with Gasteiger partial charge in [0.1, 0.15) is 29.6 Å². The number of benzene rings is 2. The lowest BCUT2D eigenvalue weighted by Crippen LogP contribution is -2.28. The van der Waals surface area contributed by atoms with E-state index in [0.29, 0.717) is 22.6 Å². The Morgan fingerprint density at radius 2 is 2.12 bits per heavy atom. The van der Waals surface area contributed by atoms with Crippen LogP contribution in [0.15, 0.2) is 42.5 Å². The summed E-state index contributed by atoms with van der Waals surface area (Å²) in [6.07, 6.45) is 0. The smallest absolute Gasteiger partial charge is 0.276 e. The topological polar surface area (TPSA) is 58.2 Å². The second-order valence-electron chi connectivity index (χ2n) is 5.67. The van der Waals surface area contributed by atoms with Crippen molar-refractivity contribution < 1.29 is 13.9 Å². The van der Waals surface area contributed by atoms with E-state index in [1.54, 1.807) is 7.05 Å². The van der Waals surface area contributed by atoms with E-state index in [0.717, 1.165) is 11.3 Å². The molecule has 2 aromatic carbocycles. The second-order valence-corrected chi connectivity index (χ2v) is 6.08. The number of hydrogen-bond donors (Lipinski definition) is 1. The number of carbonyl (C=O) groups is 1. The number of anilines is 1. The van der Waals surface area contributed by atoms with Crippen molar-refractivity contribution in [3.05, 3.63) is 64.6 Å². The highest BCUT2D eigenvalue weighted by Gasteiger charge is 2.28. The molecule has 0 saturated heterocycles. The molecule has 126 valence electrons. The van der Waals surface area contributed by atoms with E-state index in [-0.39, 0.29) is 17.5 Å². The Hall–Kier alpha value is -2.86. The van der Waals surface area contributed by atoms with E-state index in [4.69, 9.17) is 16.3 Å². The third-order valence-corrected chi connectivity index (χ3v) is 4.48. The first-order valence-corrected chi connectivity index (χ1v) is 7.96. The Kier molecular flexibility index (Phi) is 3.69. The largest absolute Gasteiger partial charge is 0.488 e. The van der Waals surface area contributed by atoms with Gasteiger partial charge in [0, 0.05) is 23.9 Å². The Morgan fingerprint density at radius 1 is 1.32 bits per heavy atom. The van der Waals surface area contributed by atoms with Gasteiger partial charge in [0.15, 0.2) is 0 Å². The van der Waals surface area contributed by atoms with Crippen LogP contribution in [0.2, 0.25) is 5.02 Å². The van der Waals surface area contributed by atoms with Gasteiger partial charge in [-0.05, 0) is 30.3 Å². The number of amides is 1. The number of aromatic amines is 1. The highest BCUT2D eigenvalue weighted by molar-refractivity contribution is 6.31. The SMILES string of the molecule is CN(C(=O)c1[nH]nc2c1COc1ccccc1-2)c1ccc(F)c(Cl)c1. The van der Waals surface area contributed by atoms with Gasteiger partial charge in [0.2, 0.25) is 0 Å². The second kappa shape index (κ2) is 5.89.